The van der Waals surface area contributed by atoms with Crippen LogP contribution in [0.15, 0.2) is 0 Å². The summed E-state index contributed by atoms with van der Waals surface area (Å²) in [7, 11) is -0.270. The lowest BCUT2D eigenvalue weighted by atomic mass is 10.1. The molecule has 0 atom stereocenters. The fraction of sp³-hybridized carbons (Fsp3) is 1.00. The highest BCUT2D eigenvalue weighted by molar-refractivity contribution is 7.87. The Hall–Kier alpha value is -0.210. The van der Waals surface area contributed by atoms with Gasteiger partial charge in [0.05, 0.1) is 6.10 Å². The molecule has 7 heteroatoms. The van der Waals surface area contributed by atoms with E-state index in [9.17, 15) is 8.42 Å². The van der Waals surface area contributed by atoms with E-state index in [0.29, 0.717) is 25.7 Å². The Labute approximate surface area is 104 Å². The SMILES string of the molecule is CN(C)S(=O)(=O)NCCCOC1CCNCC1. The fourth-order valence-electron chi connectivity index (χ4n) is 1.61. The monoisotopic (exact) mass is 265 g/mol. The van der Waals surface area contributed by atoms with Gasteiger partial charge in [-0.25, -0.2) is 4.72 Å². The molecular formula is C10H23N3O3S. The molecule has 2 N–H and O–H groups in total. The zero-order chi connectivity index (χ0) is 12.7. The van der Waals surface area contributed by atoms with Crippen molar-refractivity contribution in [3.05, 3.63) is 0 Å². The number of nitrogens with zero attached hydrogens (tertiary/aromatic N) is 1. The van der Waals surface area contributed by atoms with Crippen molar-refractivity contribution in [2.24, 2.45) is 0 Å². The van der Waals surface area contributed by atoms with Crippen LogP contribution in [0.3, 0.4) is 0 Å². The van der Waals surface area contributed by atoms with Crippen molar-refractivity contribution in [3.8, 4) is 0 Å². The van der Waals surface area contributed by atoms with E-state index in [1.807, 2.05) is 0 Å². The van der Waals surface area contributed by atoms with Gasteiger partial charge in [-0.15, -0.1) is 0 Å². The van der Waals surface area contributed by atoms with E-state index in [1.54, 1.807) is 0 Å². The fourth-order valence-corrected chi connectivity index (χ4v) is 2.28. The predicted molar refractivity (Wildman–Crippen MR) is 67.1 cm³/mol. The first-order valence-corrected chi connectivity index (χ1v) is 7.46. The van der Waals surface area contributed by atoms with Crippen LogP contribution in [-0.2, 0) is 14.9 Å². The van der Waals surface area contributed by atoms with Gasteiger partial charge in [-0.3, -0.25) is 0 Å². The third-order valence-electron chi connectivity index (χ3n) is 2.73. The van der Waals surface area contributed by atoms with Gasteiger partial charge in [0.2, 0.25) is 0 Å². The maximum atomic E-state index is 11.4. The van der Waals surface area contributed by atoms with Crippen LogP contribution in [0.4, 0.5) is 0 Å². The van der Waals surface area contributed by atoms with E-state index in [0.717, 1.165) is 25.9 Å². The number of piperidine rings is 1. The first-order chi connectivity index (χ1) is 8.02. The van der Waals surface area contributed by atoms with Gasteiger partial charge in [0.25, 0.3) is 10.2 Å². The zero-order valence-electron chi connectivity index (χ0n) is 10.6. The lowest BCUT2D eigenvalue weighted by Crippen LogP contribution is -2.37. The second kappa shape index (κ2) is 7.27. The van der Waals surface area contributed by atoms with E-state index in [-0.39, 0.29) is 0 Å². The average molecular weight is 265 g/mol. The molecule has 1 saturated heterocycles. The maximum Gasteiger partial charge on any atom is 0.278 e. The second-order valence-corrected chi connectivity index (χ2v) is 6.32. The van der Waals surface area contributed by atoms with Crippen molar-refractivity contribution >= 4 is 10.2 Å². The van der Waals surface area contributed by atoms with Crippen LogP contribution in [0.1, 0.15) is 19.3 Å². The molecule has 6 nitrogen and oxygen atoms in total. The summed E-state index contributed by atoms with van der Waals surface area (Å²) in [5.74, 6) is 0. The first-order valence-electron chi connectivity index (χ1n) is 6.02. The van der Waals surface area contributed by atoms with E-state index < -0.39 is 10.2 Å². The minimum atomic E-state index is -3.29. The Kier molecular flexibility index (Phi) is 6.35. The molecule has 0 aliphatic carbocycles. The van der Waals surface area contributed by atoms with E-state index in [2.05, 4.69) is 10.0 Å². The van der Waals surface area contributed by atoms with Gasteiger partial charge in [0, 0.05) is 27.2 Å². The van der Waals surface area contributed by atoms with Crippen LogP contribution >= 0.6 is 0 Å². The highest BCUT2D eigenvalue weighted by atomic mass is 32.2. The van der Waals surface area contributed by atoms with Crippen molar-refractivity contribution in [1.82, 2.24) is 14.3 Å². The topological polar surface area (TPSA) is 70.7 Å². The summed E-state index contributed by atoms with van der Waals surface area (Å²) in [6, 6.07) is 0. The Bertz CT molecular complexity index is 300. The third-order valence-corrected chi connectivity index (χ3v) is 4.26. The molecule has 1 aliphatic heterocycles. The highest BCUT2D eigenvalue weighted by Gasteiger charge is 2.14. The van der Waals surface area contributed by atoms with Gasteiger partial charge < -0.3 is 10.1 Å². The summed E-state index contributed by atoms with van der Waals surface area (Å²) in [6.07, 6.45) is 3.13. The van der Waals surface area contributed by atoms with Crippen LogP contribution in [0.2, 0.25) is 0 Å². The minimum Gasteiger partial charge on any atom is -0.378 e. The quantitative estimate of drug-likeness (QED) is 0.611. The lowest BCUT2D eigenvalue weighted by Gasteiger charge is -2.23. The summed E-state index contributed by atoms with van der Waals surface area (Å²) in [6.45, 7) is 3.06. The summed E-state index contributed by atoms with van der Waals surface area (Å²) in [5, 5.41) is 3.27. The van der Waals surface area contributed by atoms with E-state index in [4.69, 9.17) is 4.74 Å². The van der Waals surface area contributed by atoms with Gasteiger partial charge in [-0.05, 0) is 32.4 Å². The van der Waals surface area contributed by atoms with Gasteiger partial charge in [0.15, 0.2) is 0 Å². The molecule has 0 amide bonds. The summed E-state index contributed by atoms with van der Waals surface area (Å²) in [5.41, 5.74) is 0. The highest BCUT2D eigenvalue weighted by Crippen LogP contribution is 2.07. The molecule has 0 bridgehead atoms. The third kappa shape index (κ3) is 5.78. The van der Waals surface area contributed by atoms with Crippen molar-refractivity contribution in [1.29, 1.82) is 0 Å². The molecule has 0 aromatic heterocycles. The minimum absolute atomic E-state index is 0.335. The Morgan fingerprint density at radius 1 is 1.35 bits per heavy atom. The molecule has 17 heavy (non-hydrogen) atoms. The molecule has 1 aliphatic rings. The molecule has 1 heterocycles. The van der Waals surface area contributed by atoms with Gasteiger partial charge in [-0.1, -0.05) is 0 Å². The standard InChI is InChI=1S/C10H23N3O3S/c1-13(2)17(14,15)12-6-3-9-16-10-4-7-11-8-5-10/h10-12H,3-9H2,1-2H3. The molecule has 1 fully saturated rings. The van der Waals surface area contributed by atoms with Gasteiger partial charge in [-0.2, -0.15) is 12.7 Å². The van der Waals surface area contributed by atoms with Crippen molar-refractivity contribution in [3.63, 3.8) is 0 Å². The molecule has 0 unspecified atom stereocenters. The summed E-state index contributed by atoms with van der Waals surface area (Å²) >= 11 is 0. The normalized spacial score (nSPS) is 18.8. The molecule has 0 spiro atoms. The van der Waals surface area contributed by atoms with Crippen LogP contribution in [0.5, 0.6) is 0 Å². The number of hydrogen-bond acceptors (Lipinski definition) is 4. The predicted octanol–water partition coefficient (Wildman–Crippen LogP) is -0.459. The van der Waals surface area contributed by atoms with Crippen LogP contribution in [0.25, 0.3) is 0 Å². The van der Waals surface area contributed by atoms with E-state index in [1.165, 1.54) is 18.4 Å². The number of nitrogens with one attached hydrogen (secondary N) is 2. The zero-order valence-corrected chi connectivity index (χ0v) is 11.4. The number of hydrogen-bond donors (Lipinski definition) is 2. The molecule has 0 saturated carbocycles. The number of ether oxygens (including phenoxy) is 1. The molecule has 102 valence electrons. The first kappa shape index (κ1) is 14.8. The maximum absolute atomic E-state index is 11.4. The molecule has 1 rings (SSSR count). The molecule has 0 radical (unpaired) electrons. The summed E-state index contributed by atoms with van der Waals surface area (Å²) in [4.78, 5) is 0. The largest absolute Gasteiger partial charge is 0.378 e. The van der Waals surface area contributed by atoms with Gasteiger partial charge >= 0.3 is 0 Å². The number of rotatable bonds is 7. The smallest absolute Gasteiger partial charge is 0.278 e. The van der Waals surface area contributed by atoms with Crippen LogP contribution in [-0.4, -0.2) is 59.2 Å². The Morgan fingerprint density at radius 2 is 2.00 bits per heavy atom. The summed E-state index contributed by atoms with van der Waals surface area (Å²) < 4.78 is 32.1. The Balaban J connectivity index is 2.04. The van der Waals surface area contributed by atoms with Crippen molar-refractivity contribution in [2.45, 2.75) is 25.4 Å². The van der Waals surface area contributed by atoms with Crippen molar-refractivity contribution < 1.29 is 13.2 Å². The second-order valence-electron chi connectivity index (χ2n) is 4.36. The lowest BCUT2D eigenvalue weighted by molar-refractivity contribution is 0.0322. The molecular weight excluding hydrogens is 242 g/mol. The molecule has 0 aromatic carbocycles. The van der Waals surface area contributed by atoms with Crippen LogP contribution in [0, 0.1) is 0 Å². The van der Waals surface area contributed by atoms with Crippen molar-refractivity contribution in [2.75, 3.05) is 40.3 Å². The van der Waals surface area contributed by atoms with E-state index >= 15 is 0 Å². The van der Waals surface area contributed by atoms with Crippen LogP contribution < -0.4 is 10.0 Å². The Morgan fingerprint density at radius 3 is 2.59 bits per heavy atom. The van der Waals surface area contributed by atoms with Gasteiger partial charge in [0.1, 0.15) is 0 Å². The average Bonchev–Trinajstić information content (AvgIpc) is 2.29. The molecule has 0 aromatic rings.